The summed E-state index contributed by atoms with van der Waals surface area (Å²) < 4.78 is 1.99. The number of benzene rings is 1. The van der Waals surface area contributed by atoms with Gasteiger partial charge in [-0.05, 0) is 44.8 Å². The molecular weight excluding hydrogens is 350 g/mol. The Bertz CT molecular complexity index is 753. The van der Waals surface area contributed by atoms with Gasteiger partial charge in [-0.25, -0.2) is 4.99 Å². The van der Waals surface area contributed by atoms with Crippen LogP contribution >= 0.6 is 0 Å². The average Bonchev–Trinajstić information content (AvgIpc) is 3.31. The Morgan fingerprint density at radius 2 is 2.04 bits per heavy atom. The SMILES string of the molecule is CCN1CCCC1CNC(=NCc1nnc(C)n1C)NCCc1ccccc1. The Hall–Kier alpha value is -2.41. The van der Waals surface area contributed by atoms with Gasteiger partial charge in [0.1, 0.15) is 12.4 Å². The van der Waals surface area contributed by atoms with Crippen molar-refractivity contribution in [2.45, 2.75) is 45.7 Å². The van der Waals surface area contributed by atoms with E-state index < -0.39 is 0 Å². The molecule has 2 heterocycles. The molecule has 152 valence electrons. The first-order chi connectivity index (χ1) is 13.7. The van der Waals surface area contributed by atoms with Crippen LogP contribution < -0.4 is 10.6 Å². The standard InChI is InChI=1S/C21H33N7/c1-4-28-14-8-11-19(28)15-23-21(22-13-12-18-9-6-5-7-10-18)24-16-20-26-25-17(2)27(20)3/h5-7,9-10,19H,4,8,11-16H2,1-3H3,(H2,22,23,24). The fourth-order valence-corrected chi connectivity index (χ4v) is 3.64. The van der Waals surface area contributed by atoms with Gasteiger partial charge in [-0.3, -0.25) is 4.90 Å². The van der Waals surface area contributed by atoms with E-state index >= 15 is 0 Å². The van der Waals surface area contributed by atoms with Crippen molar-refractivity contribution in [3.63, 3.8) is 0 Å². The molecule has 28 heavy (non-hydrogen) atoms. The number of likely N-dealkylation sites (N-methyl/N-ethyl adjacent to an activating group) is 1. The minimum atomic E-state index is 0.514. The van der Waals surface area contributed by atoms with Crippen LogP contribution in [0.3, 0.4) is 0 Å². The lowest BCUT2D eigenvalue weighted by Gasteiger charge is -2.24. The topological polar surface area (TPSA) is 70.4 Å². The van der Waals surface area contributed by atoms with Crippen LogP contribution in [0.4, 0.5) is 0 Å². The Labute approximate surface area is 168 Å². The number of rotatable bonds is 8. The lowest BCUT2D eigenvalue weighted by molar-refractivity contribution is 0.267. The van der Waals surface area contributed by atoms with Crippen LogP contribution in [-0.2, 0) is 20.0 Å². The third kappa shape index (κ3) is 5.55. The molecule has 1 aromatic carbocycles. The molecule has 0 saturated carbocycles. The second-order valence-electron chi connectivity index (χ2n) is 7.36. The fourth-order valence-electron chi connectivity index (χ4n) is 3.64. The largest absolute Gasteiger partial charge is 0.356 e. The van der Waals surface area contributed by atoms with Gasteiger partial charge >= 0.3 is 0 Å². The van der Waals surface area contributed by atoms with E-state index in [-0.39, 0.29) is 0 Å². The van der Waals surface area contributed by atoms with Gasteiger partial charge in [0.25, 0.3) is 0 Å². The zero-order chi connectivity index (χ0) is 19.8. The quantitative estimate of drug-likeness (QED) is 0.538. The van der Waals surface area contributed by atoms with Gasteiger partial charge in [0.15, 0.2) is 11.8 Å². The summed E-state index contributed by atoms with van der Waals surface area (Å²) in [6, 6.07) is 11.1. The van der Waals surface area contributed by atoms with E-state index in [0.29, 0.717) is 12.6 Å². The normalized spacial score (nSPS) is 17.8. The first-order valence-corrected chi connectivity index (χ1v) is 10.3. The molecule has 0 spiro atoms. The van der Waals surface area contributed by atoms with Crippen LogP contribution in [0, 0.1) is 6.92 Å². The van der Waals surface area contributed by atoms with E-state index in [9.17, 15) is 0 Å². The first kappa shape index (κ1) is 20.3. The number of aliphatic imine (C=N–C) groups is 1. The van der Waals surface area contributed by atoms with Crippen molar-refractivity contribution in [3.8, 4) is 0 Å². The molecule has 1 aliphatic rings. The molecule has 1 saturated heterocycles. The van der Waals surface area contributed by atoms with Gasteiger partial charge in [-0.1, -0.05) is 37.3 Å². The molecule has 1 unspecified atom stereocenters. The molecule has 3 rings (SSSR count). The van der Waals surface area contributed by atoms with E-state index in [0.717, 1.165) is 43.7 Å². The number of aromatic nitrogens is 3. The maximum Gasteiger partial charge on any atom is 0.191 e. The molecule has 1 fully saturated rings. The summed E-state index contributed by atoms with van der Waals surface area (Å²) in [6.45, 7) is 8.78. The maximum absolute atomic E-state index is 4.76. The molecule has 1 atom stereocenters. The van der Waals surface area contributed by atoms with Crippen molar-refractivity contribution in [1.29, 1.82) is 0 Å². The van der Waals surface area contributed by atoms with Crippen molar-refractivity contribution in [2.75, 3.05) is 26.2 Å². The molecule has 1 aromatic heterocycles. The minimum Gasteiger partial charge on any atom is -0.356 e. The van der Waals surface area contributed by atoms with Crippen LogP contribution in [0.15, 0.2) is 35.3 Å². The van der Waals surface area contributed by atoms with E-state index in [1.54, 1.807) is 0 Å². The van der Waals surface area contributed by atoms with Crippen molar-refractivity contribution in [2.24, 2.45) is 12.0 Å². The monoisotopic (exact) mass is 383 g/mol. The second kappa shape index (κ2) is 10.2. The predicted molar refractivity (Wildman–Crippen MR) is 113 cm³/mol. The van der Waals surface area contributed by atoms with Gasteiger partial charge in [-0.15, -0.1) is 10.2 Å². The van der Waals surface area contributed by atoms with Gasteiger partial charge in [0, 0.05) is 26.2 Å². The molecule has 1 aliphatic heterocycles. The smallest absolute Gasteiger partial charge is 0.191 e. The summed E-state index contributed by atoms with van der Waals surface area (Å²) in [5.41, 5.74) is 1.33. The van der Waals surface area contributed by atoms with Gasteiger partial charge in [0.05, 0.1) is 0 Å². The molecule has 7 heteroatoms. The molecule has 7 nitrogen and oxygen atoms in total. The highest BCUT2D eigenvalue weighted by Gasteiger charge is 2.22. The fraction of sp³-hybridized carbons (Fsp3) is 0.571. The van der Waals surface area contributed by atoms with Gasteiger partial charge in [-0.2, -0.15) is 0 Å². The Balaban J connectivity index is 1.59. The summed E-state index contributed by atoms with van der Waals surface area (Å²) in [5.74, 6) is 2.62. The highest BCUT2D eigenvalue weighted by Crippen LogP contribution is 2.15. The number of aryl methyl sites for hydroxylation is 1. The summed E-state index contributed by atoms with van der Waals surface area (Å²) >= 11 is 0. The predicted octanol–water partition coefficient (Wildman–Crippen LogP) is 1.89. The Kier molecular flexibility index (Phi) is 7.42. The van der Waals surface area contributed by atoms with Crippen LogP contribution in [0.2, 0.25) is 0 Å². The third-order valence-corrected chi connectivity index (χ3v) is 5.52. The third-order valence-electron chi connectivity index (χ3n) is 5.52. The number of nitrogens with zero attached hydrogens (tertiary/aromatic N) is 5. The van der Waals surface area contributed by atoms with Gasteiger partial charge in [0.2, 0.25) is 0 Å². The Morgan fingerprint density at radius 3 is 2.75 bits per heavy atom. The highest BCUT2D eigenvalue weighted by molar-refractivity contribution is 5.79. The van der Waals surface area contributed by atoms with Crippen LogP contribution in [-0.4, -0.2) is 57.8 Å². The number of nitrogens with one attached hydrogen (secondary N) is 2. The molecule has 0 aliphatic carbocycles. The summed E-state index contributed by atoms with van der Waals surface area (Å²) in [5, 5.41) is 15.4. The summed E-state index contributed by atoms with van der Waals surface area (Å²) in [6.07, 6.45) is 3.50. The van der Waals surface area contributed by atoms with E-state index in [1.165, 1.54) is 24.9 Å². The maximum atomic E-state index is 4.76. The van der Waals surface area contributed by atoms with Crippen molar-refractivity contribution >= 4 is 5.96 Å². The zero-order valence-electron chi connectivity index (χ0n) is 17.4. The van der Waals surface area contributed by atoms with Crippen molar-refractivity contribution < 1.29 is 0 Å². The number of guanidine groups is 1. The van der Waals surface area contributed by atoms with Crippen LogP contribution in [0.1, 0.15) is 37.0 Å². The van der Waals surface area contributed by atoms with E-state index in [4.69, 9.17) is 4.99 Å². The van der Waals surface area contributed by atoms with Crippen LogP contribution in [0.5, 0.6) is 0 Å². The van der Waals surface area contributed by atoms with Crippen LogP contribution in [0.25, 0.3) is 0 Å². The number of hydrogen-bond donors (Lipinski definition) is 2. The van der Waals surface area contributed by atoms with Crippen molar-refractivity contribution in [1.82, 2.24) is 30.3 Å². The van der Waals surface area contributed by atoms with Gasteiger partial charge < -0.3 is 15.2 Å². The Morgan fingerprint density at radius 1 is 1.21 bits per heavy atom. The zero-order valence-corrected chi connectivity index (χ0v) is 17.4. The lowest BCUT2D eigenvalue weighted by Crippen LogP contribution is -2.45. The van der Waals surface area contributed by atoms with E-state index in [2.05, 4.69) is 63.0 Å². The second-order valence-corrected chi connectivity index (χ2v) is 7.36. The molecule has 0 bridgehead atoms. The summed E-state index contributed by atoms with van der Waals surface area (Å²) in [7, 11) is 1.98. The molecular formula is C21H33N7. The molecule has 0 amide bonds. The van der Waals surface area contributed by atoms with E-state index in [1.807, 2.05) is 18.5 Å². The molecule has 2 aromatic rings. The highest BCUT2D eigenvalue weighted by atomic mass is 15.3. The lowest BCUT2D eigenvalue weighted by atomic mass is 10.1. The average molecular weight is 384 g/mol. The number of likely N-dealkylation sites (tertiary alicyclic amines) is 1. The summed E-state index contributed by atoms with van der Waals surface area (Å²) in [4.78, 5) is 7.31. The first-order valence-electron chi connectivity index (χ1n) is 10.3. The van der Waals surface area contributed by atoms with Crippen molar-refractivity contribution in [3.05, 3.63) is 47.5 Å². The minimum absolute atomic E-state index is 0.514. The molecule has 2 N–H and O–H groups in total. The number of hydrogen-bond acceptors (Lipinski definition) is 4. The molecule has 0 radical (unpaired) electrons.